The number of carbonyl (C=O) groups is 1. The molecule has 0 unspecified atom stereocenters. The zero-order valence-electron chi connectivity index (χ0n) is 9.92. The fourth-order valence-corrected chi connectivity index (χ4v) is 2.02. The van der Waals surface area contributed by atoms with Gasteiger partial charge in [0.1, 0.15) is 0 Å². The minimum atomic E-state index is -1.46. The molecular formula is C12H13F3N2O. The third kappa shape index (κ3) is 2.27. The highest BCUT2D eigenvalue weighted by atomic mass is 19.2. The van der Waals surface area contributed by atoms with Crippen LogP contribution in [-0.4, -0.2) is 37.0 Å². The summed E-state index contributed by atoms with van der Waals surface area (Å²) in [6, 6.07) is 2.13. The number of anilines is 1. The van der Waals surface area contributed by atoms with Crippen molar-refractivity contribution in [1.29, 1.82) is 0 Å². The van der Waals surface area contributed by atoms with Crippen molar-refractivity contribution >= 4 is 11.6 Å². The molecule has 0 bridgehead atoms. The molecule has 1 fully saturated rings. The van der Waals surface area contributed by atoms with E-state index in [0.29, 0.717) is 26.2 Å². The maximum Gasteiger partial charge on any atom is 0.219 e. The molecule has 1 saturated heterocycles. The molecule has 0 N–H and O–H groups in total. The van der Waals surface area contributed by atoms with E-state index in [0.717, 1.165) is 6.07 Å². The molecule has 18 heavy (non-hydrogen) atoms. The molecule has 1 aromatic carbocycles. The van der Waals surface area contributed by atoms with Gasteiger partial charge in [-0.05, 0) is 12.1 Å². The van der Waals surface area contributed by atoms with Gasteiger partial charge in [0, 0.05) is 33.1 Å². The van der Waals surface area contributed by atoms with E-state index in [1.165, 1.54) is 13.0 Å². The van der Waals surface area contributed by atoms with Crippen molar-refractivity contribution in [2.45, 2.75) is 6.92 Å². The average molecular weight is 258 g/mol. The normalized spacial score (nSPS) is 16.0. The SMILES string of the molecule is CC(=O)N1CCN(c2ccc(F)c(F)c2F)CC1. The Labute approximate surface area is 103 Å². The van der Waals surface area contributed by atoms with Crippen molar-refractivity contribution < 1.29 is 18.0 Å². The van der Waals surface area contributed by atoms with Gasteiger partial charge in [0.15, 0.2) is 17.5 Å². The molecule has 0 aliphatic carbocycles. The highest BCUT2D eigenvalue weighted by Crippen LogP contribution is 2.24. The van der Waals surface area contributed by atoms with Crippen molar-refractivity contribution in [2.24, 2.45) is 0 Å². The van der Waals surface area contributed by atoms with Crippen LogP contribution in [0.25, 0.3) is 0 Å². The number of nitrogens with zero attached hydrogens (tertiary/aromatic N) is 2. The lowest BCUT2D eigenvalue weighted by atomic mass is 10.2. The first-order valence-corrected chi connectivity index (χ1v) is 5.64. The van der Waals surface area contributed by atoms with Gasteiger partial charge in [-0.25, -0.2) is 13.2 Å². The lowest BCUT2D eigenvalue weighted by molar-refractivity contribution is -0.129. The van der Waals surface area contributed by atoms with Crippen LogP contribution in [0.5, 0.6) is 0 Å². The van der Waals surface area contributed by atoms with Crippen LogP contribution in [-0.2, 0) is 4.79 Å². The fraction of sp³-hybridized carbons (Fsp3) is 0.417. The second kappa shape index (κ2) is 4.88. The monoisotopic (exact) mass is 258 g/mol. The Hall–Kier alpha value is -1.72. The van der Waals surface area contributed by atoms with Gasteiger partial charge in [0.2, 0.25) is 5.91 Å². The van der Waals surface area contributed by atoms with E-state index in [1.54, 1.807) is 9.80 Å². The Morgan fingerprint density at radius 1 is 1.06 bits per heavy atom. The van der Waals surface area contributed by atoms with Gasteiger partial charge in [-0.2, -0.15) is 0 Å². The van der Waals surface area contributed by atoms with Crippen molar-refractivity contribution in [3.63, 3.8) is 0 Å². The first-order valence-electron chi connectivity index (χ1n) is 5.64. The van der Waals surface area contributed by atoms with Crippen LogP contribution in [0.4, 0.5) is 18.9 Å². The predicted octanol–water partition coefficient (Wildman–Crippen LogP) is 1.77. The highest BCUT2D eigenvalue weighted by molar-refractivity contribution is 5.73. The smallest absolute Gasteiger partial charge is 0.219 e. The molecule has 0 saturated carbocycles. The van der Waals surface area contributed by atoms with Crippen LogP contribution < -0.4 is 4.90 Å². The third-order valence-electron chi connectivity index (χ3n) is 3.08. The van der Waals surface area contributed by atoms with Crippen LogP contribution in [0.2, 0.25) is 0 Å². The van der Waals surface area contributed by atoms with Crippen LogP contribution >= 0.6 is 0 Å². The summed E-state index contributed by atoms with van der Waals surface area (Å²) in [5.41, 5.74) is 0.0390. The van der Waals surface area contributed by atoms with Crippen molar-refractivity contribution in [3.8, 4) is 0 Å². The molecule has 0 aromatic heterocycles. The Kier molecular flexibility index (Phi) is 3.45. The van der Waals surface area contributed by atoms with Gasteiger partial charge in [-0.3, -0.25) is 4.79 Å². The molecule has 0 spiro atoms. The molecule has 1 aromatic rings. The number of piperazine rings is 1. The Balaban J connectivity index is 2.15. The van der Waals surface area contributed by atoms with Crippen molar-refractivity contribution in [1.82, 2.24) is 4.90 Å². The van der Waals surface area contributed by atoms with E-state index < -0.39 is 17.5 Å². The van der Waals surface area contributed by atoms with Gasteiger partial charge in [0.25, 0.3) is 0 Å². The summed E-state index contributed by atoms with van der Waals surface area (Å²) in [7, 11) is 0. The topological polar surface area (TPSA) is 23.6 Å². The maximum absolute atomic E-state index is 13.6. The first kappa shape index (κ1) is 12.7. The van der Waals surface area contributed by atoms with Gasteiger partial charge >= 0.3 is 0 Å². The van der Waals surface area contributed by atoms with Gasteiger partial charge in [-0.15, -0.1) is 0 Å². The number of hydrogen-bond acceptors (Lipinski definition) is 2. The standard InChI is InChI=1S/C12H13F3N2O/c1-8(18)16-4-6-17(7-5-16)10-3-2-9(13)11(14)12(10)15/h2-3H,4-7H2,1H3. The van der Waals surface area contributed by atoms with E-state index in [-0.39, 0.29) is 11.6 Å². The molecule has 1 heterocycles. The molecule has 6 heteroatoms. The van der Waals surface area contributed by atoms with E-state index in [2.05, 4.69) is 0 Å². The van der Waals surface area contributed by atoms with Crippen molar-refractivity contribution in [3.05, 3.63) is 29.6 Å². The lowest BCUT2D eigenvalue weighted by Gasteiger charge is -2.35. The lowest BCUT2D eigenvalue weighted by Crippen LogP contribution is -2.48. The number of benzene rings is 1. The van der Waals surface area contributed by atoms with E-state index in [1.807, 2.05) is 0 Å². The highest BCUT2D eigenvalue weighted by Gasteiger charge is 2.23. The van der Waals surface area contributed by atoms with E-state index >= 15 is 0 Å². The van der Waals surface area contributed by atoms with E-state index in [4.69, 9.17) is 0 Å². The average Bonchev–Trinajstić information content (AvgIpc) is 2.36. The van der Waals surface area contributed by atoms with E-state index in [9.17, 15) is 18.0 Å². The predicted molar refractivity (Wildman–Crippen MR) is 60.8 cm³/mol. The summed E-state index contributed by atoms with van der Waals surface area (Å²) in [5.74, 6) is -3.87. The summed E-state index contributed by atoms with van der Waals surface area (Å²) >= 11 is 0. The van der Waals surface area contributed by atoms with Crippen LogP contribution in [0.15, 0.2) is 12.1 Å². The van der Waals surface area contributed by atoms with Crippen molar-refractivity contribution in [2.75, 3.05) is 31.1 Å². The summed E-state index contributed by atoms with van der Waals surface area (Å²) in [5, 5.41) is 0. The molecule has 1 aliphatic rings. The number of halogens is 3. The minimum Gasteiger partial charge on any atom is -0.366 e. The maximum atomic E-state index is 13.6. The quantitative estimate of drug-likeness (QED) is 0.717. The zero-order valence-corrected chi connectivity index (χ0v) is 9.92. The number of rotatable bonds is 1. The summed E-state index contributed by atoms with van der Waals surface area (Å²) in [6.45, 7) is 3.18. The second-order valence-electron chi connectivity index (χ2n) is 4.19. The molecule has 2 rings (SSSR count). The van der Waals surface area contributed by atoms with Crippen LogP contribution in [0.1, 0.15) is 6.92 Å². The molecule has 1 aliphatic heterocycles. The largest absolute Gasteiger partial charge is 0.366 e. The fourth-order valence-electron chi connectivity index (χ4n) is 2.02. The Morgan fingerprint density at radius 2 is 1.67 bits per heavy atom. The summed E-state index contributed by atoms with van der Waals surface area (Å²) in [4.78, 5) is 14.4. The zero-order chi connectivity index (χ0) is 13.3. The van der Waals surface area contributed by atoms with Crippen LogP contribution in [0.3, 0.4) is 0 Å². The summed E-state index contributed by atoms with van der Waals surface area (Å²) in [6.07, 6.45) is 0. The summed E-state index contributed by atoms with van der Waals surface area (Å²) < 4.78 is 39.5. The Bertz CT molecular complexity index is 471. The number of carbonyl (C=O) groups excluding carboxylic acids is 1. The van der Waals surface area contributed by atoms with Gasteiger partial charge < -0.3 is 9.80 Å². The molecule has 1 amide bonds. The number of amides is 1. The van der Waals surface area contributed by atoms with Crippen LogP contribution in [0, 0.1) is 17.5 Å². The first-order chi connectivity index (χ1) is 8.50. The molecule has 0 atom stereocenters. The minimum absolute atomic E-state index is 0.0390. The Morgan fingerprint density at radius 3 is 2.22 bits per heavy atom. The van der Waals surface area contributed by atoms with Gasteiger partial charge in [0.05, 0.1) is 5.69 Å². The molecular weight excluding hydrogens is 245 g/mol. The second-order valence-corrected chi connectivity index (χ2v) is 4.19. The molecule has 3 nitrogen and oxygen atoms in total. The number of hydrogen-bond donors (Lipinski definition) is 0. The third-order valence-corrected chi connectivity index (χ3v) is 3.08. The molecule has 98 valence electrons. The molecule has 0 radical (unpaired) electrons. The van der Waals surface area contributed by atoms with Gasteiger partial charge in [-0.1, -0.05) is 0 Å².